The zero-order valence-electron chi connectivity index (χ0n) is 25.3. The molecule has 2 aliphatic rings. The smallest absolute Gasteiger partial charge is 0.260 e. The monoisotopic (exact) mass is 649 g/mol. The van der Waals surface area contributed by atoms with Gasteiger partial charge in [0, 0.05) is 56.9 Å². The zero-order valence-corrected chi connectivity index (χ0v) is 26.0. The predicted octanol–water partition coefficient (Wildman–Crippen LogP) is 1.15. The second-order valence-corrected chi connectivity index (χ2v) is 11.6. The summed E-state index contributed by atoms with van der Waals surface area (Å²) < 4.78 is 13.3. The van der Waals surface area contributed by atoms with Gasteiger partial charge in [0.15, 0.2) is 35.9 Å². The van der Waals surface area contributed by atoms with E-state index in [1.165, 1.54) is 29.8 Å². The van der Waals surface area contributed by atoms with Crippen LogP contribution >= 0.6 is 11.6 Å². The van der Waals surface area contributed by atoms with Crippen molar-refractivity contribution in [2.45, 2.75) is 37.6 Å². The van der Waals surface area contributed by atoms with E-state index in [-0.39, 0.29) is 19.1 Å². The first-order valence-corrected chi connectivity index (χ1v) is 15.4. The van der Waals surface area contributed by atoms with E-state index in [0.717, 1.165) is 19.6 Å². The first-order valence-electron chi connectivity index (χ1n) is 15.0. The number of nitrogens with zero attached hydrogens (tertiary/aromatic N) is 6. The zero-order chi connectivity index (χ0) is 32.2. The SMILES string of the molecule is CNC(=O)[C@H]1O[C@@H](n2cnc3c(NCc4cc(Cl)ccc4OCC(=O)N4CCN(Cc5ccccc5)CC4)ncnc32)[C@H](O)[C@@H]1N. The summed E-state index contributed by atoms with van der Waals surface area (Å²) >= 11 is 6.31. The molecule has 2 aromatic heterocycles. The van der Waals surface area contributed by atoms with E-state index in [0.29, 0.717) is 46.4 Å². The summed E-state index contributed by atoms with van der Waals surface area (Å²) in [5, 5.41) is 17.0. The number of halogens is 1. The van der Waals surface area contributed by atoms with Gasteiger partial charge in [0.05, 0.1) is 12.4 Å². The van der Waals surface area contributed by atoms with Crippen molar-refractivity contribution in [2.24, 2.45) is 5.73 Å². The molecule has 4 atom stereocenters. The molecule has 4 aromatic rings. The van der Waals surface area contributed by atoms with Crippen LogP contribution < -0.4 is 21.1 Å². The van der Waals surface area contributed by atoms with Crippen LogP contribution in [0.1, 0.15) is 17.4 Å². The number of hydrogen-bond donors (Lipinski definition) is 4. The van der Waals surface area contributed by atoms with Crippen molar-refractivity contribution in [2.75, 3.05) is 45.2 Å². The molecule has 0 spiro atoms. The first kappa shape index (κ1) is 31.6. The minimum atomic E-state index is -1.17. The van der Waals surface area contributed by atoms with E-state index < -0.39 is 30.4 Å². The molecule has 5 N–H and O–H groups in total. The van der Waals surface area contributed by atoms with E-state index >= 15 is 0 Å². The van der Waals surface area contributed by atoms with E-state index in [4.69, 9.17) is 26.8 Å². The average molecular weight is 650 g/mol. The molecule has 2 fully saturated rings. The van der Waals surface area contributed by atoms with Gasteiger partial charge in [-0.05, 0) is 23.8 Å². The van der Waals surface area contributed by atoms with Crippen molar-refractivity contribution in [3.8, 4) is 5.75 Å². The van der Waals surface area contributed by atoms with E-state index in [1.54, 1.807) is 18.2 Å². The van der Waals surface area contributed by atoms with Crippen molar-refractivity contribution in [3.05, 3.63) is 77.3 Å². The summed E-state index contributed by atoms with van der Waals surface area (Å²) in [6, 6.07) is 14.6. The Bertz CT molecular complexity index is 1680. The van der Waals surface area contributed by atoms with Gasteiger partial charge in [-0.15, -0.1) is 0 Å². The number of aliphatic hydroxyl groups excluding tert-OH is 1. The van der Waals surface area contributed by atoms with Gasteiger partial charge in [0.1, 0.15) is 18.2 Å². The van der Waals surface area contributed by atoms with Crippen molar-refractivity contribution in [3.63, 3.8) is 0 Å². The fourth-order valence-electron chi connectivity index (χ4n) is 5.70. The number of carbonyl (C=O) groups excluding carboxylic acids is 2. The Kier molecular flexibility index (Phi) is 9.61. The maximum Gasteiger partial charge on any atom is 0.260 e. The van der Waals surface area contributed by atoms with Crippen LogP contribution in [0.5, 0.6) is 5.75 Å². The minimum Gasteiger partial charge on any atom is -0.483 e. The molecule has 242 valence electrons. The van der Waals surface area contributed by atoms with Crippen molar-refractivity contribution in [1.29, 1.82) is 0 Å². The lowest BCUT2D eigenvalue weighted by Crippen LogP contribution is -2.49. The van der Waals surface area contributed by atoms with Crippen LogP contribution in [0.2, 0.25) is 5.02 Å². The second-order valence-electron chi connectivity index (χ2n) is 11.2. The Labute approximate surface area is 270 Å². The number of aliphatic hydroxyl groups is 1. The molecular weight excluding hydrogens is 614 g/mol. The lowest BCUT2D eigenvalue weighted by atomic mass is 10.1. The van der Waals surface area contributed by atoms with Crippen LogP contribution in [0.25, 0.3) is 11.2 Å². The molecule has 2 saturated heterocycles. The van der Waals surface area contributed by atoms with Gasteiger partial charge >= 0.3 is 0 Å². The number of piperazine rings is 1. The van der Waals surface area contributed by atoms with Gasteiger partial charge < -0.3 is 35.8 Å². The lowest BCUT2D eigenvalue weighted by molar-refractivity contribution is -0.135. The predicted molar refractivity (Wildman–Crippen MR) is 170 cm³/mol. The molecule has 46 heavy (non-hydrogen) atoms. The standard InChI is InChI=1S/C31H36ClN9O5/c1-34-30(44)27-24(33)26(43)31(46-27)41-18-38-25-28(36-17-37-29(25)41)35-14-20-13-21(32)7-8-22(20)45-16-23(42)40-11-9-39(10-12-40)15-19-5-3-2-4-6-19/h2-8,13,17-18,24,26-27,31,43H,9-12,14-16,33H2,1H3,(H,34,44)(H,35,36,37)/t24-,26+,27-,31+/m0/s1. The molecule has 15 heteroatoms. The minimum absolute atomic E-state index is 0.0778. The molecular formula is C31H36ClN9O5. The fourth-order valence-corrected chi connectivity index (χ4v) is 5.90. The topological polar surface area (TPSA) is 173 Å². The van der Waals surface area contributed by atoms with Crippen LogP contribution in [0.15, 0.2) is 61.2 Å². The number of anilines is 1. The molecule has 0 saturated carbocycles. The Balaban J connectivity index is 1.08. The summed E-state index contributed by atoms with van der Waals surface area (Å²) in [6.45, 7) is 3.90. The molecule has 14 nitrogen and oxygen atoms in total. The summed E-state index contributed by atoms with van der Waals surface area (Å²) in [5.41, 5.74) is 8.83. The number of imidazole rings is 1. The molecule has 2 aliphatic heterocycles. The Hall–Kier alpha value is -4.34. The number of nitrogens with two attached hydrogens (primary N) is 1. The highest BCUT2D eigenvalue weighted by molar-refractivity contribution is 6.30. The Morgan fingerprint density at radius 3 is 2.65 bits per heavy atom. The molecule has 2 amide bonds. The van der Waals surface area contributed by atoms with E-state index in [1.807, 2.05) is 23.1 Å². The molecule has 0 unspecified atom stereocenters. The quantitative estimate of drug-likeness (QED) is 0.194. The third kappa shape index (κ3) is 6.76. The normalized spacial score (nSPS) is 21.8. The van der Waals surface area contributed by atoms with Gasteiger partial charge in [0.25, 0.3) is 11.8 Å². The Morgan fingerprint density at radius 1 is 1.11 bits per heavy atom. The number of fused-ring (bicyclic) bond motifs is 1. The number of aromatic nitrogens is 4. The number of benzene rings is 2. The van der Waals surface area contributed by atoms with Crippen molar-refractivity contribution in [1.82, 2.24) is 34.6 Å². The third-order valence-corrected chi connectivity index (χ3v) is 8.49. The highest BCUT2D eigenvalue weighted by Crippen LogP contribution is 2.32. The number of likely N-dealkylation sites (N-methyl/N-ethyl adjacent to an activating group) is 1. The summed E-state index contributed by atoms with van der Waals surface area (Å²) in [6.07, 6.45) is -0.355. The number of carbonyl (C=O) groups is 2. The summed E-state index contributed by atoms with van der Waals surface area (Å²) in [5.74, 6) is 0.420. The molecule has 0 bridgehead atoms. The average Bonchev–Trinajstić information content (AvgIpc) is 3.64. The fraction of sp³-hybridized carbons (Fsp3) is 0.387. The molecule has 6 rings (SSSR count). The van der Waals surface area contributed by atoms with Crippen LogP contribution in [-0.4, -0.2) is 104 Å². The number of nitrogens with one attached hydrogen (secondary N) is 2. The lowest BCUT2D eigenvalue weighted by Gasteiger charge is -2.34. The summed E-state index contributed by atoms with van der Waals surface area (Å²) in [7, 11) is 1.47. The first-order chi connectivity index (χ1) is 22.3. The van der Waals surface area contributed by atoms with Crippen LogP contribution in [0, 0.1) is 0 Å². The van der Waals surface area contributed by atoms with Crippen LogP contribution in [-0.2, 0) is 27.4 Å². The largest absolute Gasteiger partial charge is 0.483 e. The molecule has 0 radical (unpaired) electrons. The molecule has 4 heterocycles. The highest BCUT2D eigenvalue weighted by atomic mass is 35.5. The van der Waals surface area contributed by atoms with Crippen LogP contribution in [0.4, 0.5) is 5.82 Å². The number of amides is 2. The maximum atomic E-state index is 13.0. The van der Waals surface area contributed by atoms with Gasteiger partial charge in [-0.3, -0.25) is 19.1 Å². The third-order valence-electron chi connectivity index (χ3n) is 8.25. The number of hydrogen-bond acceptors (Lipinski definition) is 11. The molecule has 2 aromatic carbocycles. The van der Waals surface area contributed by atoms with Gasteiger partial charge in [0.2, 0.25) is 0 Å². The van der Waals surface area contributed by atoms with Gasteiger partial charge in [-0.25, -0.2) is 15.0 Å². The maximum absolute atomic E-state index is 13.0. The Morgan fingerprint density at radius 2 is 1.89 bits per heavy atom. The van der Waals surface area contributed by atoms with Crippen molar-refractivity contribution < 1.29 is 24.2 Å². The van der Waals surface area contributed by atoms with E-state index in [2.05, 4.69) is 42.6 Å². The second kappa shape index (κ2) is 14.0. The van der Waals surface area contributed by atoms with Gasteiger partial charge in [-0.1, -0.05) is 41.9 Å². The number of rotatable bonds is 10. The van der Waals surface area contributed by atoms with Crippen LogP contribution in [0.3, 0.4) is 0 Å². The highest BCUT2D eigenvalue weighted by Gasteiger charge is 2.46. The van der Waals surface area contributed by atoms with Gasteiger partial charge in [-0.2, -0.15) is 0 Å². The number of ether oxygens (including phenoxy) is 2. The van der Waals surface area contributed by atoms with E-state index in [9.17, 15) is 14.7 Å². The van der Waals surface area contributed by atoms with Crippen molar-refractivity contribution >= 4 is 40.4 Å². The summed E-state index contributed by atoms with van der Waals surface area (Å²) in [4.78, 5) is 42.5. The molecule has 0 aliphatic carbocycles.